The molecule has 26 heavy (non-hydrogen) atoms. The fourth-order valence-electron chi connectivity index (χ4n) is 3.33. The van der Waals surface area contributed by atoms with Crippen molar-refractivity contribution in [3.63, 3.8) is 0 Å². The van der Waals surface area contributed by atoms with Crippen LogP contribution in [0, 0.1) is 5.92 Å². The number of nitrogens with zero attached hydrogens (tertiary/aromatic N) is 2. The molecule has 8 heteroatoms. The van der Waals surface area contributed by atoms with Crippen molar-refractivity contribution >= 4 is 15.9 Å². The van der Waals surface area contributed by atoms with Gasteiger partial charge in [0.2, 0.25) is 15.9 Å². The van der Waals surface area contributed by atoms with Crippen LogP contribution in [0.2, 0.25) is 0 Å². The van der Waals surface area contributed by atoms with Gasteiger partial charge < -0.3 is 9.88 Å². The van der Waals surface area contributed by atoms with E-state index >= 15 is 0 Å². The first-order valence-electron chi connectivity index (χ1n) is 9.27. The molecular weight excluding hydrogens is 354 g/mol. The molecule has 146 valence electrons. The van der Waals surface area contributed by atoms with Crippen molar-refractivity contribution in [1.82, 2.24) is 14.2 Å². The van der Waals surface area contributed by atoms with Crippen LogP contribution in [-0.4, -0.2) is 42.3 Å². The van der Waals surface area contributed by atoms with Crippen LogP contribution in [-0.2, 0) is 21.4 Å². The molecule has 0 spiro atoms. The average molecular weight is 384 g/mol. The highest BCUT2D eigenvalue weighted by Crippen LogP contribution is 2.23. The molecule has 0 saturated heterocycles. The summed E-state index contributed by atoms with van der Waals surface area (Å²) in [6.45, 7) is 6.24. The van der Waals surface area contributed by atoms with E-state index in [0.717, 1.165) is 30.3 Å². The zero-order chi connectivity index (χ0) is 19.3. The maximum absolute atomic E-state index is 12.6. The lowest BCUT2D eigenvalue weighted by atomic mass is 9.87. The Morgan fingerprint density at radius 2 is 1.81 bits per heavy atom. The SMILES string of the molecule is CCN(CC)S(=O)(=O)c1ccc(=O)n(CC(=O)NC2CCC(C)CC2)c1. The summed E-state index contributed by atoms with van der Waals surface area (Å²) >= 11 is 0. The van der Waals surface area contributed by atoms with Gasteiger partial charge in [0.1, 0.15) is 6.54 Å². The molecule has 0 bridgehead atoms. The van der Waals surface area contributed by atoms with E-state index in [0.29, 0.717) is 19.0 Å². The monoisotopic (exact) mass is 383 g/mol. The van der Waals surface area contributed by atoms with Gasteiger partial charge in [0.15, 0.2) is 0 Å². The minimum atomic E-state index is -3.67. The minimum absolute atomic E-state index is 0.0279. The van der Waals surface area contributed by atoms with Crippen LogP contribution in [0.3, 0.4) is 0 Å². The molecule has 7 nitrogen and oxygen atoms in total. The molecule has 2 rings (SSSR count). The van der Waals surface area contributed by atoms with Gasteiger partial charge in [-0.25, -0.2) is 8.42 Å². The van der Waals surface area contributed by atoms with Gasteiger partial charge in [-0.05, 0) is 37.7 Å². The highest BCUT2D eigenvalue weighted by atomic mass is 32.2. The Morgan fingerprint density at radius 3 is 2.38 bits per heavy atom. The highest BCUT2D eigenvalue weighted by Gasteiger charge is 2.23. The van der Waals surface area contributed by atoms with E-state index in [2.05, 4.69) is 12.2 Å². The number of aromatic nitrogens is 1. The molecule has 1 aromatic rings. The Kier molecular flexibility index (Phi) is 7.00. The molecule has 0 unspecified atom stereocenters. The number of amides is 1. The summed E-state index contributed by atoms with van der Waals surface area (Å²) in [6.07, 6.45) is 5.32. The predicted molar refractivity (Wildman–Crippen MR) is 100 cm³/mol. The van der Waals surface area contributed by atoms with E-state index in [4.69, 9.17) is 0 Å². The van der Waals surface area contributed by atoms with Crippen molar-refractivity contribution in [3.8, 4) is 0 Å². The zero-order valence-corrected chi connectivity index (χ0v) is 16.6. The van der Waals surface area contributed by atoms with Crippen molar-refractivity contribution < 1.29 is 13.2 Å². The number of pyridine rings is 1. The normalized spacial score (nSPS) is 20.9. The maximum atomic E-state index is 12.6. The fourth-order valence-corrected chi connectivity index (χ4v) is 4.81. The standard InChI is InChI=1S/C18H29N3O4S/c1-4-21(5-2)26(24,25)16-10-11-18(23)20(12-16)13-17(22)19-15-8-6-14(3)7-9-15/h10-12,14-15H,4-9,13H2,1-3H3,(H,19,22). The Hall–Kier alpha value is -1.67. The smallest absolute Gasteiger partial charge is 0.251 e. The van der Waals surface area contributed by atoms with Gasteiger partial charge in [-0.1, -0.05) is 20.8 Å². The second-order valence-corrected chi connectivity index (χ2v) is 8.88. The Bertz CT molecular complexity index is 776. The van der Waals surface area contributed by atoms with Crippen LogP contribution < -0.4 is 10.9 Å². The third kappa shape index (κ3) is 4.94. The first-order valence-corrected chi connectivity index (χ1v) is 10.7. The van der Waals surface area contributed by atoms with E-state index in [-0.39, 0.29) is 23.4 Å². The summed E-state index contributed by atoms with van der Waals surface area (Å²) < 4.78 is 27.7. The van der Waals surface area contributed by atoms with Crippen LogP contribution >= 0.6 is 0 Å². The third-order valence-corrected chi connectivity index (χ3v) is 7.03. The molecule has 1 aromatic heterocycles. The van der Waals surface area contributed by atoms with Crippen LogP contribution in [0.15, 0.2) is 28.0 Å². The van der Waals surface area contributed by atoms with Crippen molar-refractivity contribution in [3.05, 3.63) is 28.7 Å². The maximum Gasteiger partial charge on any atom is 0.251 e. The van der Waals surface area contributed by atoms with Gasteiger partial charge in [0, 0.05) is 31.4 Å². The van der Waals surface area contributed by atoms with Gasteiger partial charge in [0.25, 0.3) is 5.56 Å². The number of nitrogens with one attached hydrogen (secondary N) is 1. The molecule has 1 saturated carbocycles. The summed E-state index contributed by atoms with van der Waals surface area (Å²) in [7, 11) is -3.67. The minimum Gasteiger partial charge on any atom is -0.352 e. The largest absolute Gasteiger partial charge is 0.352 e. The van der Waals surface area contributed by atoms with Gasteiger partial charge in [-0.2, -0.15) is 4.31 Å². The second kappa shape index (κ2) is 8.81. The summed E-state index contributed by atoms with van der Waals surface area (Å²) in [5.74, 6) is 0.428. The molecule has 0 atom stereocenters. The summed E-state index contributed by atoms with van der Waals surface area (Å²) in [6, 6.07) is 2.63. The Balaban J connectivity index is 2.12. The summed E-state index contributed by atoms with van der Waals surface area (Å²) in [5, 5.41) is 2.96. The van der Waals surface area contributed by atoms with Crippen molar-refractivity contribution in [2.45, 2.75) is 63.9 Å². The van der Waals surface area contributed by atoms with E-state index < -0.39 is 15.6 Å². The molecule has 1 N–H and O–H groups in total. The molecule has 1 aliphatic carbocycles. The fraction of sp³-hybridized carbons (Fsp3) is 0.667. The molecule has 1 heterocycles. The topological polar surface area (TPSA) is 88.5 Å². The predicted octanol–water partition coefficient (Wildman–Crippen LogP) is 1.57. The molecule has 0 radical (unpaired) electrons. The van der Waals surface area contributed by atoms with E-state index in [1.807, 2.05) is 0 Å². The van der Waals surface area contributed by atoms with Crippen molar-refractivity contribution in [2.75, 3.05) is 13.1 Å². The van der Waals surface area contributed by atoms with Gasteiger partial charge in [-0.3, -0.25) is 9.59 Å². The summed E-state index contributed by atoms with van der Waals surface area (Å²) in [4.78, 5) is 24.4. The number of rotatable bonds is 7. The zero-order valence-electron chi connectivity index (χ0n) is 15.8. The molecule has 1 aliphatic rings. The Labute approximate surface area is 155 Å². The number of sulfonamides is 1. The highest BCUT2D eigenvalue weighted by molar-refractivity contribution is 7.89. The molecule has 0 aromatic carbocycles. The lowest BCUT2D eigenvalue weighted by Crippen LogP contribution is -2.40. The van der Waals surface area contributed by atoms with Gasteiger partial charge in [0.05, 0.1) is 4.90 Å². The van der Waals surface area contributed by atoms with Crippen molar-refractivity contribution in [2.24, 2.45) is 5.92 Å². The van der Waals surface area contributed by atoms with E-state index in [1.54, 1.807) is 13.8 Å². The summed E-state index contributed by atoms with van der Waals surface area (Å²) in [5.41, 5.74) is -0.393. The number of carbonyl (C=O) groups excluding carboxylic acids is 1. The molecule has 1 fully saturated rings. The van der Waals surface area contributed by atoms with Crippen LogP contribution in [0.4, 0.5) is 0 Å². The molecule has 1 amide bonds. The lowest BCUT2D eigenvalue weighted by molar-refractivity contribution is -0.122. The first-order chi connectivity index (χ1) is 12.3. The first kappa shape index (κ1) is 20.6. The van der Waals surface area contributed by atoms with Crippen molar-refractivity contribution in [1.29, 1.82) is 0 Å². The number of carbonyl (C=O) groups is 1. The van der Waals surface area contributed by atoms with Crippen LogP contribution in [0.1, 0.15) is 46.5 Å². The molecule has 0 aliphatic heterocycles. The Morgan fingerprint density at radius 1 is 1.19 bits per heavy atom. The van der Waals surface area contributed by atoms with E-state index in [9.17, 15) is 18.0 Å². The van der Waals surface area contributed by atoms with Gasteiger partial charge in [-0.15, -0.1) is 0 Å². The third-order valence-electron chi connectivity index (χ3n) is 4.99. The second-order valence-electron chi connectivity index (χ2n) is 6.94. The molecular formula is C18H29N3O4S. The van der Waals surface area contributed by atoms with Gasteiger partial charge >= 0.3 is 0 Å². The van der Waals surface area contributed by atoms with E-state index in [1.165, 1.54) is 22.6 Å². The lowest BCUT2D eigenvalue weighted by Gasteiger charge is -2.27. The quantitative estimate of drug-likeness (QED) is 0.774. The number of hydrogen-bond acceptors (Lipinski definition) is 4. The number of hydrogen-bond donors (Lipinski definition) is 1. The van der Waals surface area contributed by atoms with Crippen LogP contribution in [0.25, 0.3) is 0 Å². The van der Waals surface area contributed by atoms with Crippen LogP contribution in [0.5, 0.6) is 0 Å². The average Bonchev–Trinajstić information content (AvgIpc) is 2.59.